The van der Waals surface area contributed by atoms with Gasteiger partial charge in [0.25, 0.3) is 0 Å². The first kappa shape index (κ1) is 12.8. The predicted molar refractivity (Wildman–Crippen MR) is 44.1 cm³/mol. The van der Waals surface area contributed by atoms with E-state index in [1.165, 1.54) is 0 Å². The molecule has 8 heteroatoms. The summed E-state index contributed by atoms with van der Waals surface area (Å²) in [6.07, 6.45) is 0.746. The highest BCUT2D eigenvalue weighted by Gasteiger charge is 2.34. The molecule has 0 bridgehead atoms. The van der Waals surface area contributed by atoms with E-state index in [4.69, 9.17) is 0 Å². The molecule has 0 fully saturated rings. The number of hydrogen-bond donors (Lipinski definition) is 0. The monoisotopic (exact) mass is 236 g/mol. The zero-order valence-corrected chi connectivity index (χ0v) is 8.75. The van der Waals surface area contributed by atoms with E-state index in [0.717, 1.165) is 13.2 Å². The van der Waals surface area contributed by atoms with Crippen LogP contribution in [0.5, 0.6) is 0 Å². The third-order valence-electron chi connectivity index (χ3n) is 1.04. The Balaban J connectivity index is 4.62. The summed E-state index contributed by atoms with van der Waals surface area (Å²) in [5, 5.41) is 0. The SMILES string of the molecule is CC(F)(CS(C)(=O)=O)CS(=O)(=O)F. The molecule has 80 valence electrons. The van der Waals surface area contributed by atoms with Crippen LogP contribution < -0.4 is 0 Å². The van der Waals surface area contributed by atoms with E-state index < -0.39 is 37.2 Å². The quantitative estimate of drug-likeness (QED) is 0.647. The lowest BCUT2D eigenvalue weighted by molar-refractivity contribution is 0.250. The van der Waals surface area contributed by atoms with Crippen molar-refractivity contribution < 1.29 is 25.1 Å². The van der Waals surface area contributed by atoms with Gasteiger partial charge >= 0.3 is 10.2 Å². The molecule has 0 spiro atoms. The van der Waals surface area contributed by atoms with Crippen LogP contribution in [0.2, 0.25) is 0 Å². The fraction of sp³-hybridized carbons (Fsp3) is 1.00. The molecule has 0 radical (unpaired) electrons. The zero-order valence-electron chi connectivity index (χ0n) is 7.12. The summed E-state index contributed by atoms with van der Waals surface area (Å²) in [5.74, 6) is -2.45. The molecular formula is C5H10F2O4S2. The molecule has 1 atom stereocenters. The molecule has 0 saturated heterocycles. The highest BCUT2D eigenvalue weighted by Crippen LogP contribution is 2.16. The first-order valence-electron chi connectivity index (χ1n) is 3.20. The summed E-state index contributed by atoms with van der Waals surface area (Å²) in [4.78, 5) is 0. The van der Waals surface area contributed by atoms with Gasteiger partial charge in [0.15, 0.2) is 9.84 Å². The zero-order chi connectivity index (χ0) is 10.9. The summed E-state index contributed by atoms with van der Waals surface area (Å²) >= 11 is 0. The van der Waals surface area contributed by atoms with E-state index >= 15 is 0 Å². The summed E-state index contributed by atoms with van der Waals surface area (Å²) in [7, 11) is -8.65. The Labute approximate surface area is 76.1 Å². The predicted octanol–water partition coefficient (Wildman–Crippen LogP) is 0.0585. The number of alkyl halides is 1. The molecular weight excluding hydrogens is 226 g/mol. The first-order chi connectivity index (χ1) is 5.41. The van der Waals surface area contributed by atoms with Crippen molar-refractivity contribution in [3.05, 3.63) is 0 Å². The molecule has 0 N–H and O–H groups in total. The van der Waals surface area contributed by atoms with Crippen LogP contribution in [0.25, 0.3) is 0 Å². The number of rotatable bonds is 4. The van der Waals surface area contributed by atoms with E-state index in [1.807, 2.05) is 0 Å². The third kappa shape index (κ3) is 8.10. The normalized spacial score (nSPS) is 18.2. The molecule has 13 heavy (non-hydrogen) atoms. The van der Waals surface area contributed by atoms with Crippen molar-refractivity contribution in [2.75, 3.05) is 17.8 Å². The van der Waals surface area contributed by atoms with Gasteiger partial charge in [-0.2, -0.15) is 8.42 Å². The minimum Gasteiger partial charge on any atom is -0.242 e. The molecule has 0 rings (SSSR count). The average molecular weight is 236 g/mol. The Morgan fingerprint density at radius 2 is 1.54 bits per heavy atom. The Bertz CT molecular complexity index is 331. The molecule has 0 aliphatic heterocycles. The van der Waals surface area contributed by atoms with Crippen LogP contribution in [0.4, 0.5) is 8.28 Å². The maximum atomic E-state index is 13.1. The highest BCUT2D eigenvalue weighted by molar-refractivity contribution is 7.90. The molecule has 0 aliphatic carbocycles. The van der Waals surface area contributed by atoms with Gasteiger partial charge in [-0.3, -0.25) is 0 Å². The van der Waals surface area contributed by atoms with Crippen molar-refractivity contribution >= 4 is 20.1 Å². The van der Waals surface area contributed by atoms with Gasteiger partial charge in [-0.05, 0) is 6.92 Å². The molecule has 0 aliphatic rings. The van der Waals surface area contributed by atoms with Crippen LogP contribution in [-0.4, -0.2) is 40.3 Å². The van der Waals surface area contributed by atoms with Crippen LogP contribution in [0, 0.1) is 0 Å². The maximum Gasteiger partial charge on any atom is 0.305 e. The van der Waals surface area contributed by atoms with Crippen molar-refractivity contribution in [1.82, 2.24) is 0 Å². The minimum atomic E-state index is -4.99. The lowest BCUT2D eigenvalue weighted by Gasteiger charge is -2.15. The summed E-state index contributed by atoms with van der Waals surface area (Å²) in [6, 6.07) is 0. The van der Waals surface area contributed by atoms with Crippen molar-refractivity contribution in [2.24, 2.45) is 0 Å². The van der Waals surface area contributed by atoms with Crippen molar-refractivity contribution in [2.45, 2.75) is 12.6 Å². The summed E-state index contributed by atoms with van der Waals surface area (Å²) < 4.78 is 66.3. The lowest BCUT2D eigenvalue weighted by atomic mass is 10.2. The molecule has 0 aromatic carbocycles. The smallest absolute Gasteiger partial charge is 0.242 e. The molecule has 4 nitrogen and oxygen atoms in total. The topological polar surface area (TPSA) is 68.3 Å². The van der Waals surface area contributed by atoms with E-state index in [1.54, 1.807) is 0 Å². The molecule has 0 aromatic rings. The Morgan fingerprint density at radius 3 is 1.77 bits per heavy atom. The van der Waals surface area contributed by atoms with Crippen LogP contribution >= 0.6 is 0 Å². The van der Waals surface area contributed by atoms with E-state index in [0.29, 0.717) is 0 Å². The molecule has 1 unspecified atom stereocenters. The van der Waals surface area contributed by atoms with E-state index in [2.05, 4.69) is 0 Å². The largest absolute Gasteiger partial charge is 0.305 e. The van der Waals surface area contributed by atoms with Crippen LogP contribution in [0.1, 0.15) is 6.92 Å². The molecule has 0 aromatic heterocycles. The van der Waals surface area contributed by atoms with Gasteiger partial charge in [0.2, 0.25) is 0 Å². The summed E-state index contributed by atoms with van der Waals surface area (Å²) in [5.41, 5.74) is -2.58. The summed E-state index contributed by atoms with van der Waals surface area (Å²) in [6.45, 7) is 0.727. The number of hydrogen-bond acceptors (Lipinski definition) is 4. The van der Waals surface area contributed by atoms with Crippen LogP contribution in [-0.2, 0) is 20.1 Å². The van der Waals surface area contributed by atoms with Gasteiger partial charge in [0.05, 0.1) is 5.75 Å². The van der Waals surface area contributed by atoms with Gasteiger partial charge in [-0.15, -0.1) is 3.89 Å². The number of sulfone groups is 1. The van der Waals surface area contributed by atoms with E-state index in [9.17, 15) is 25.1 Å². The Morgan fingerprint density at radius 1 is 1.15 bits per heavy atom. The Hall–Kier alpha value is -0.240. The minimum absolute atomic E-state index is 0.727. The van der Waals surface area contributed by atoms with Crippen molar-refractivity contribution in [3.8, 4) is 0 Å². The molecule has 0 amide bonds. The van der Waals surface area contributed by atoms with Crippen LogP contribution in [0.15, 0.2) is 0 Å². The lowest BCUT2D eigenvalue weighted by Crippen LogP contribution is -2.35. The second kappa shape index (κ2) is 3.49. The maximum absolute atomic E-state index is 13.1. The van der Waals surface area contributed by atoms with E-state index in [-0.39, 0.29) is 0 Å². The second-order valence-electron chi connectivity index (χ2n) is 3.17. The average Bonchev–Trinajstić information content (AvgIpc) is 1.43. The van der Waals surface area contributed by atoms with Crippen LogP contribution in [0.3, 0.4) is 0 Å². The third-order valence-corrected chi connectivity index (χ3v) is 3.11. The molecule has 0 heterocycles. The van der Waals surface area contributed by atoms with Gasteiger partial charge in [0.1, 0.15) is 11.4 Å². The molecule has 0 saturated carbocycles. The first-order valence-corrected chi connectivity index (χ1v) is 6.82. The van der Waals surface area contributed by atoms with Gasteiger partial charge < -0.3 is 0 Å². The van der Waals surface area contributed by atoms with Crippen molar-refractivity contribution in [1.29, 1.82) is 0 Å². The Kier molecular flexibility index (Phi) is 3.42. The fourth-order valence-electron chi connectivity index (χ4n) is 0.948. The van der Waals surface area contributed by atoms with Crippen molar-refractivity contribution in [3.63, 3.8) is 0 Å². The van der Waals surface area contributed by atoms with Gasteiger partial charge in [-0.25, -0.2) is 12.8 Å². The van der Waals surface area contributed by atoms with Gasteiger partial charge in [-0.1, -0.05) is 0 Å². The number of halogens is 2. The fourth-order valence-corrected chi connectivity index (χ4v) is 3.09. The highest BCUT2D eigenvalue weighted by atomic mass is 32.3. The second-order valence-corrected chi connectivity index (χ2v) is 6.67. The van der Waals surface area contributed by atoms with Gasteiger partial charge in [0, 0.05) is 6.26 Å². The standard InChI is InChI=1S/C5H10F2O4S2/c1-5(6,3-12(2,8)9)4-13(7,10)11/h3-4H2,1-2H3.